The van der Waals surface area contributed by atoms with Gasteiger partial charge in [-0.15, -0.1) is 0 Å². The molecule has 0 spiro atoms. The van der Waals surface area contributed by atoms with E-state index in [2.05, 4.69) is 13.8 Å². The van der Waals surface area contributed by atoms with Crippen molar-refractivity contribution in [2.45, 2.75) is 52.1 Å². The molecule has 0 aromatic heterocycles. The molecule has 0 saturated carbocycles. The summed E-state index contributed by atoms with van der Waals surface area (Å²) < 4.78 is 0. The molecule has 2 nitrogen and oxygen atoms in total. The summed E-state index contributed by atoms with van der Waals surface area (Å²) in [7, 11) is 0. The van der Waals surface area contributed by atoms with Crippen LogP contribution in [0.2, 0.25) is 0 Å². The van der Waals surface area contributed by atoms with E-state index in [9.17, 15) is 5.11 Å². The van der Waals surface area contributed by atoms with Gasteiger partial charge in [0.25, 0.3) is 0 Å². The Bertz CT molecular complexity index is 110. The number of rotatable bonds is 6. The first kappa shape index (κ1) is 11.9. The SMILES string of the molecule is CCCC[C@H](CC)[C@@](C)(O)CO. The van der Waals surface area contributed by atoms with Crippen molar-refractivity contribution in [2.24, 2.45) is 5.92 Å². The predicted octanol–water partition coefficient (Wildman–Crippen LogP) is 1.95. The maximum Gasteiger partial charge on any atom is 0.0877 e. The molecule has 0 heterocycles. The van der Waals surface area contributed by atoms with E-state index in [0.717, 1.165) is 25.7 Å². The maximum absolute atomic E-state index is 9.76. The Morgan fingerprint density at radius 3 is 2.25 bits per heavy atom. The normalized spacial score (nSPS) is 18.8. The maximum atomic E-state index is 9.76. The minimum atomic E-state index is -0.885. The summed E-state index contributed by atoms with van der Waals surface area (Å²) in [5.74, 6) is 0.238. The molecule has 0 aliphatic rings. The Balaban J connectivity index is 3.95. The van der Waals surface area contributed by atoms with Gasteiger partial charge in [0.15, 0.2) is 0 Å². The monoisotopic (exact) mass is 174 g/mol. The molecule has 2 N–H and O–H groups in total. The molecule has 0 unspecified atom stereocenters. The molecule has 0 radical (unpaired) electrons. The summed E-state index contributed by atoms with van der Waals surface area (Å²) in [6.45, 7) is 5.79. The first-order valence-corrected chi connectivity index (χ1v) is 4.91. The first-order chi connectivity index (χ1) is 5.58. The quantitative estimate of drug-likeness (QED) is 0.646. The molecule has 74 valence electrons. The largest absolute Gasteiger partial charge is 0.393 e. The van der Waals surface area contributed by atoms with Gasteiger partial charge in [0.05, 0.1) is 12.2 Å². The second kappa shape index (κ2) is 5.55. The van der Waals surface area contributed by atoms with Gasteiger partial charge in [-0.2, -0.15) is 0 Å². The molecule has 12 heavy (non-hydrogen) atoms. The fraction of sp³-hybridized carbons (Fsp3) is 1.00. The minimum Gasteiger partial charge on any atom is -0.393 e. The first-order valence-electron chi connectivity index (χ1n) is 4.91. The third-order valence-corrected chi connectivity index (χ3v) is 2.60. The average Bonchev–Trinajstić information content (AvgIpc) is 2.05. The Morgan fingerprint density at radius 1 is 1.33 bits per heavy atom. The molecule has 0 bridgehead atoms. The molecule has 0 amide bonds. The lowest BCUT2D eigenvalue weighted by Crippen LogP contribution is -2.38. The van der Waals surface area contributed by atoms with E-state index in [0.29, 0.717) is 0 Å². The number of hydrogen-bond acceptors (Lipinski definition) is 2. The van der Waals surface area contributed by atoms with Crippen molar-refractivity contribution in [3.05, 3.63) is 0 Å². The van der Waals surface area contributed by atoms with Gasteiger partial charge < -0.3 is 10.2 Å². The summed E-state index contributed by atoms with van der Waals surface area (Å²) in [6, 6.07) is 0. The van der Waals surface area contributed by atoms with Crippen molar-refractivity contribution < 1.29 is 10.2 Å². The molecular formula is C10H22O2. The van der Waals surface area contributed by atoms with Crippen molar-refractivity contribution in [3.63, 3.8) is 0 Å². The third kappa shape index (κ3) is 3.55. The molecule has 0 aromatic carbocycles. The van der Waals surface area contributed by atoms with Crippen molar-refractivity contribution in [1.82, 2.24) is 0 Å². The van der Waals surface area contributed by atoms with Gasteiger partial charge in [-0.25, -0.2) is 0 Å². The molecule has 0 saturated heterocycles. The Labute approximate surface area is 75.6 Å². The second-order valence-electron chi connectivity index (χ2n) is 3.76. The molecule has 0 aliphatic carbocycles. The standard InChI is InChI=1S/C10H22O2/c1-4-6-7-9(5-2)10(3,12)8-11/h9,11-12H,4-8H2,1-3H3/t9-,10-/m0/s1. The van der Waals surface area contributed by atoms with Crippen LogP contribution < -0.4 is 0 Å². The fourth-order valence-electron chi connectivity index (χ4n) is 1.53. The van der Waals surface area contributed by atoms with Crippen LogP contribution in [0, 0.1) is 5.92 Å². The van der Waals surface area contributed by atoms with E-state index in [-0.39, 0.29) is 12.5 Å². The molecular weight excluding hydrogens is 152 g/mol. The third-order valence-electron chi connectivity index (χ3n) is 2.60. The zero-order chi connectivity index (χ0) is 9.61. The number of unbranched alkanes of at least 4 members (excludes halogenated alkanes) is 1. The van der Waals surface area contributed by atoms with Gasteiger partial charge in [-0.3, -0.25) is 0 Å². The van der Waals surface area contributed by atoms with E-state index >= 15 is 0 Å². The Morgan fingerprint density at radius 2 is 1.92 bits per heavy atom. The number of aliphatic hydroxyl groups excluding tert-OH is 1. The van der Waals surface area contributed by atoms with Gasteiger partial charge in [-0.05, 0) is 19.3 Å². The van der Waals surface area contributed by atoms with Crippen LogP contribution in [0.25, 0.3) is 0 Å². The lowest BCUT2D eigenvalue weighted by atomic mass is 9.84. The highest BCUT2D eigenvalue weighted by molar-refractivity contribution is 4.80. The molecule has 0 fully saturated rings. The van der Waals surface area contributed by atoms with Gasteiger partial charge >= 0.3 is 0 Å². The second-order valence-corrected chi connectivity index (χ2v) is 3.76. The van der Waals surface area contributed by atoms with E-state index < -0.39 is 5.60 Å². The van der Waals surface area contributed by atoms with Crippen molar-refractivity contribution in [2.75, 3.05) is 6.61 Å². The van der Waals surface area contributed by atoms with Crippen molar-refractivity contribution in [3.8, 4) is 0 Å². The summed E-state index contributed by atoms with van der Waals surface area (Å²) in [6.07, 6.45) is 4.24. The van der Waals surface area contributed by atoms with Crippen LogP contribution in [-0.2, 0) is 0 Å². The topological polar surface area (TPSA) is 40.5 Å². The highest BCUT2D eigenvalue weighted by atomic mass is 16.3. The molecule has 0 aromatic rings. The Kier molecular flexibility index (Phi) is 5.51. The van der Waals surface area contributed by atoms with Crippen LogP contribution in [0.15, 0.2) is 0 Å². The highest BCUT2D eigenvalue weighted by Crippen LogP contribution is 2.25. The molecule has 0 aliphatic heterocycles. The van der Waals surface area contributed by atoms with Crippen molar-refractivity contribution in [1.29, 1.82) is 0 Å². The summed E-state index contributed by atoms with van der Waals surface area (Å²) >= 11 is 0. The van der Waals surface area contributed by atoms with Crippen LogP contribution in [0.3, 0.4) is 0 Å². The Hall–Kier alpha value is -0.0800. The van der Waals surface area contributed by atoms with Gasteiger partial charge in [0.1, 0.15) is 0 Å². The van der Waals surface area contributed by atoms with Gasteiger partial charge in [0.2, 0.25) is 0 Å². The van der Waals surface area contributed by atoms with E-state index in [1.54, 1.807) is 6.92 Å². The van der Waals surface area contributed by atoms with Crippen LogP contribution >= 0.6 is 0 Å². The van der Waals surface area contributed by atoms with Gasteiger partial charge in [0, 0.05) is 0 Å². The number of hydrogen-bond donors (Lipinski definition) is 2. The van der Waals surface area contributed by atoms with E-state index in [1.165, 1.54) is 0 Å². The zero-order valence-corrected chi connectivity index (χ0v) is 8.51. The van der Waals surface area contributed by atoms with Crippen LogP contribution in [0.4, 0.5) is 0 Å². The fourth-order valence-corrected chi connectivity index (χ4v) is 1.53. The summed E-state index contributed by atoms with van der Waals surface area (Å²) in [5, 5.41) is 18.7. The van der Waals surface area contributed by atoms with E-state index in [4.69, 9.17) is 5.11 Å². The van der Waals surface area contributed by atoms with Crippen LogP contribution in [0.1, 0.15) is 46.5 Å². The average molecular weight is 174 g/mol. The minimum absolute atomic E-state index is 0.130. The van der Waals surface area contributed by atoms with Crippen LogP contribution in [0.5, 0.6) is 0 Å². The predicted molar refractivity (Wildman–Crippen MR) is 51.0 cm³/mol. The van der Waals surface area contributed by atoms with Crippen molar-refractivity contribution >= 4 is 0 Å². The molecule has 0 rings (SSSR count). The van der Waals surface area contributed by atoms with E-state index in [1.807, 2.05) is 0 Å². The zero-order valence-electron chi connectivity index (χ0n) is 8.51. The highest BCUT2D eigenvalue weighted by Gasteiger charge is 2.28. The van der Waals surface area contributed by atoms with Crippen LogP contribution in [-0.4, -0.2) is 22.4 Å². The summed E-state index contributed by atoms with van der Waals surface area (Å²) in [5.41, 5.74) is -0.885. The molecule has 2 atom stereocenters. The number of aliphatic hydroxyl groups is 2. The smallest absolute Gasteiger partial charge is 0.0877 e. The lowest BCUT2D eigenvalue weighted by Gasteiger charge is -2.30. The van der Waals surface area contributed by atoms with Gasteiger partial charge in [-0.1, -0.05) is 33.1 Å². The molecule has 2 heteroatoms. The lowest BCUT2D eigenvalue weighted by molar-refractivity contribution is -0.0511. The summed E-state index contributed by atoms with van der Waals surface area (Å²) in [4.78, 5) is 0.